The summed E-state index contributed by atoms with van der Waals surface area (Å²) in [4.78, 5) is 28.0. The van der Waals surface area contributed by atoms with E-state index in [4.69, 9.17) is 0 Å². The number of halogens is 2. The van der Waals surface area contributed by atoms with Gasteiger partial charge in [-0.05, 0) is 56.7 Å². The first kappa shape index (κ1) is 29.3. The summed E-state index contributed by atoms with van der Waals surface area (Å²) in [6, 6.07) is 19.2. The normalized spacial score (nSPS) is 12.9. The van der Waals surface area contributed by atoms with E-state index in [9.17, 15) is 22.4 Å². The van der Waals surface area contributed by atoms with Crippen molar-refractivity contribution in [2.24, 2.45) is 0 Å². The molecule has 0 saturated carbocycles. The molecule has 2 amide bonds. The molecule has 0 bridgehead atoms. The highest BCUT2D eigenvalue weighted by atomic mass is 79.9. The lowest BCUT2D eigenvalue weighted by Gasteiger charge is -2.32. The Kier molecular flexibility index (Phi) is 10.0. The van der Waals surface area contributed by atoms with Crippen molar-refractivity contribution in [1.29, 1.82) is 0 Å². The van der Waals surface area contributed by atoms with Crippen LogP contribution in [0.1, 0.15) is 32.8 Å². The van der Waals surface area contributed by atoms with E-state index in [0.717, 1.165) is 4.31 Å². The third kappa shape index (κ3) is 7.20. The third-order valence-corrected chi connectivity index (χ3v) is 8.45. The molecule has 0 fully saturated rings. The van der Waals surface area contributed by atoms with E-state index in [0.29, 0.717) is 10.9 Å². The van der Waals surface area contributed by atoms with Crippen molar-refractivity contribution >= 4 is 43.5 Å². The Bertz CT molecular complexity index is 1370. The molecular formula is C28H31BrFN3O4S. The second-order valence-electron chi connectivity index (χ2n) is 8.91. The monoisotopic (exact) mass is 603 g/mol. The topological polar surface area (TPSA) is 86.8 Å². The summed E-state index contributed by atoms with van der Waals surface area (Å²) in [5.74, 6) is -1.59. The smallest absolute Gasteiger partial charge is 0.264 e. The van der Waals surface area contributed by atoms with Crippen LogP contribution in [0.25, 0.3) is 0 Å². The maximum absolute atomic E-state index is 14.6. The molecule has 0 spiro atoms. The molecule has 3 rings (SSSR count). The van der Waals surface area contributed by atoms with Crippen molar-refractivity contribution in [2.75, 3.05) is 10.8 Å². The number of nitrogens with zero attached hydrogens (tertiary/aromatic N) is 2. The highest BCUT2D eigenvalue weighted by molar-refractivity contribution is 9.10. The largest absolute Gasteiger partial charge is 0.352 e. The lowest BCUT2D eigenvalue weighted by Crippen LogP contribution is -2.52. The molecular weight excluding hydrogens is 573 g/mol. The van der Waals surface area contributed by atoms with Gasteiger partial charge >= 0.3 is 0 Å². The van der Waals surface area contributed by atoms with Gasteiger partial charge in [-0.3, -0.25) is 13.9 Å². The minimum absolute atomic E-state index is 0.0102. The summed E-state index contributed by atoms with van der Waals surface area (Å²) in [6.45, 7) is 4.50. The molecule has 38 heavy (non-hydrogen) atoms. The van der Waals surface area contributed by atoms with E-state index in [1.165, 1.54) is 35.2 Å². The number of hydrogen-bond donors (Lipinski definition) is 1. The molecule has 0 unspecified atom stereocenters. The van der Waals surface area contributed by atoms with Gasteiger partial charge in [0.1, 0.15) is 18.4 Å². The first-order valence-electron chi connectivity index (χ1n) is 12.2. The van der Waals surface area contributed by atoms with E-state index >= 15 is 0 Å². The van der Waals surface area contributed by atoms with E-state index in [1.54, 1.807) is 55.5 Å². The Morgan fingerprint density at radius 2 is 1.63 bits per heavy atom. The van der Waals surface area contributed by atoms with Gasteiger partial charge in [-0.25, -0.2) is 12.8 Å². The van der Waals surface area contributed by atoms with Crippen LogP contribution in [-0.4, -0.2) is 43.8 Å². The fraction of sp³-hybridized carbons (Fsp3) is 0.286. The maximum atomic E-state index is 14.6. The lowest BCUT2D eigenvalue weighted by atomic mass is 10.1. The van der Waals surface area contributed by atoms with Crippen LogP contribution < -0.4 is 9.62 Å². The van der Waals surface area contributed by atoms with Crippen LogP contribution in [0.3, 0.4) is 0 Å². The zero-order valence-corrected chi connectivity index (χ0v) is 23.9. The van der Waals surface area contributed by atoms with Gasteiger partial charge in [0, 0.05) is 22.6 Å². The summed E-state index contributed by atoms with van der Waals surface area (Å²) in [6.07, 6.45) is 0.686. The van der Waals surface area contributed by atoms with E-state index < -0.39 is 40.2 Å². The Hall–Kier alpha value is -3.24. The first-order valence-corrected chi connectivity index (χ1v) is 14.4. The van der Waals surface area contributed by atoms with Gasteiger partial charge in [0.15, 0.2) is 0 Å². The van der Waals surface area contributed by atoms with Crippen LogP contribution in [-0.2, 0) is 26.2 Å². The van der Waals surface area contributed by atoms with E-state index in [1.807, 2.05) is 13.8 Å². The fourth-order valence-electron chi connectivity index (χ4n) is 3.74. The van der Waals surface area contributed by atoms with Gasteiger partial charge < -0.3 is 10.2 Å². The molecule has 0 heterocycles. The average molecular weight is 605 g/mol. The van der Waals surface area contributed by atoms with Crippen LogP contribution in [0, 0.1) is 5.82 Å². The number of rotatable bonds is 11. The van der Waals surface area contributed by atoms with Crippen LogP contribution >= 0.6 is 15.9 Å². The predicted molar refractivity (Wildman–Crippen MR) is 149 cm³/mol. The quantitative estimate of drug-likeness (QED) is 0.330. The summed E-state index contributed by atoms with van der Waals surface area (Å²) in [7, 11) is -4.16. The molecule has 0 aliphatic rings. The zero-order valence-electron chi connectivity index (χ0n) is 21.5. The zero-order chi connectivity index (χ0) is 27.9. The number of sulfonamides is 1. The number of carbonyl (C=O) groups excluding carboxylic acids is 2. The highest BCUT2D eigenvalue weighted by Crippen LogP contribution is 2.27. The minimum Gasteiger partial charge on any atom is -0.352 e. The third-order valence-electron chi connectivity index (χ3n) is 6.17. The van der Waals surface area contributed by atoms with Gasteiger partial charge in [-0.1, -0.05) is 65.3 Å². The van der Waals surface area contributed by atoms with Gasteiger partial charge in [0.05, 0.1) is 10.6 Å². The van der Waals surface area contributed by atoms with Crippen molar-refractivity contribution in [2.45, 2.75) is 50.7 Å². The number of amides is 2. The Morgan fingerprint density at radius 3 is 2.26 bits per heavy atom. The van der Waals surface area contributed by atoms with Gasteiger partial charge in [0.2, 0.25) is 11.8 Å². The van der Waals surface area contributed by atoms with Crippen LogP contribution in [0.4, 0.5) is 10.1 Å². The Morgan fingerprint density at radius 1 is 0.974 bits per heavy atom. The Labute approximate surface area is 231 Å². The Balaban J connectivity index is 2.03. The number of hydrogen-bond acceptors (Lipinski definition) is 4. The molecule has 3 aromatic rings. The molecule has 0 aliphatic carbocycles. The first-order chi connectivity index (χ1) is 18.0. The van der Waals surface area contributed by atoms with Crippen molar-refractivity contribution in [3.8, 4) is 0 Å². The number of carbonyl (C=O) groups is 2. The van der Waals surface area contributed by atoms with E-state index in [-0.39, 0.29) is 28.7 Å². The fourth-order valence-corrected chi connectivity index (χ4v) is 5.55. The molecule has 0 saturated heterocycles. The molecule has 1 N–H and O–H groups in total. The minimum atomic E-state index is -4.16. The summed E-state index contributed by atoms with van der Waals surface area (Å²) < 4.78 is 43.6. The molecule has 7 nitrogen and oxygen atoms in total. The van der Waals surface area contributed by atoms with Crippen molar-refractivity contribution in [3.05, 3.63) is 94.7 Å². The lowest BCUT2D eigenvalue weighted by molar-refractivity contribution is -0.139. The molecule has 0 radical (unpaired) electrons. The second-order valence-corrected chi connectivity index (χ2v) is 11.7. The molecule has 202 valence electrons. The van der Waals surface area contributed by atoms with Crippen molar-refractivity contribution in [1.82, 2.24) is 10.2 Å². The molecule has 0 aromatic heterocycles. The van der Waals surface area contributed by atoms with Gasteiger partial charge in [-0.15, -0.1) is 0 Å². The van der Waals surface area contributed by atoms with Crippen LogP contribution in [0.15, 0.2) is 88.2 Å². The summed E-state index contributed by atoms with van der Waals surface area (Å²) in [5, 5.41) is 2.85. The number of anilines is 1. The maximum Gasteiger partial charge on any atom is 0.264 e. The average Bonchev–Trinajstić information content (AvgIpc) is 2.91. The van der Waals surface area contributed by atoms with Gasteiger partial charge in [-0.2, -0.15) is 0 Å². The van der Waals surface area contributed by atoms with Crippen molar-refractivity contribution in [3.63, 3.8) is 0 Å². The second kappa shape index (κ2) is 13.0. The summed E-state index contributed by atoms with van der Waals surface area (Å²) in [5.41, 5.74) is 0.475. The molecule has 10 heteroatoms. The van der Waals surface area contributed by atoms with Crippen molar-refractivity contribution < 1.29 is 22.4 Å². The van der Waals surface area contributed by atoms with Crippen LogP contribution in [0.5, 0.6) is 0 Å². The standard InChI is InChI=1S/C28H31BrFN3O4S/c1-4-20(2)31-28(35)21(3)32(18-22-11-8-9-16-26(22)30)27(34)19-33(24-13-10-12-23(29)17-24)38(36,37)25-14-6-5-7-15-25/h5-17,20-21H,4,18-19H2,1-3H3,(H,31,35)/t20-,21-/m1/s1. The SMILES string of the molecule is CC[C@@H](C)NC(=O)[C@@H](C)N(Cc1ccccc1F)C(=O)CN(c1cccc(Br)c1)S(=O)(=O)c1ccccc1. The predicted octanol–water partition coefficient (Wildman–Crippen LogP) is 5.12. The highest BCUT2D eigenvalue weighted by Gasteiger charge is 2.33. The van der Waals surface area contributed by atoms with E-state index in [2.05, 4.69) is 21.2 Å². The summed E-state index contributed by atoms with van der Waals surface area (Å²) >= 11 is 3.36. The molecule has 3 aromatic carbocycles. The number of benzene rings is 3. The molecule has 2 atom stereocenters. The van der Waals surface area contributed by atoms with Crippen LogP contribution in [0.2, 0.25) is 0 Å². The number of nitrogens with one attached hydrogen (secondary N) is 1. The van der Waals surface area contributed by atoms with Gasteiger partial charge in [0.25, 0.3) is 10.0 Å². The molecule has 0 aliphatic heterocycles.